The molecule has 0 bridgehead atoms. The van der Waals surface area contributed by atoms with Gasteiger partial charge in [0.2, 0.25) is 5.75 Å². The third-order valence-corrected chi connectivity index (χ3v) is 2.95. The van der Waals surface area contributed by atoms with E-state index in [1.807, 2.05) is 6.07 Å². The van der Waals surface area contributed by atoms with E-state index >= 15 is 0 Å². The number of fused-ring (bicyclic) bond motifs is 1. The Morgan fingerprint density at radius 3 is 2.37 bits per heavy atom. The molecule has 0 saturated carbocycles. The van der Waals surface area contributed by atoms with Crippen LogP contribution in [0, 0.1) is 0 Å². The van der Waals surface area contributed by atoms with E-state index in [0.717, 1.165) is 0 Å². The number of hydrogen-bond acceptors (Lipinski definition) is 4. The summed E-state index contributed by atoms with van der Waals surface area (Å²) in [7, 11) is 0. The molecular formula is C15H10O4. The van der Waals surface area contributed by atoms with Crippen molar-refractivity contribution in [2.75, 3.05) is 0 Å². The molecule has 0 fully saturated rings. The minimum Gasteiger partial charge on any atom is -0.507 e. The van der Waals surface area contributed by atoms with E-state index in [4.69, 9.17) is 4.42 Å². The minimum absolute atomic E-state index is 0.0459. The highest BCUT2D eigenvalue weighted by Crippen LogP contribution is 2.38. The van der Waals surface area contributed by atoms with Crippen molar-refractivity contribution in [2.24, 2.45) is 0 Å². The predicted octanol–water partition coefficient (Wildman–Crippen LogP) is 2.87. The monoisotopic (exact) mass is 254 g/mol. The third-order valence-electron chi connectivity index (χ3n) is 2.95. The first kappa shape index (κ1) is 11.3. The highest BCUT2D eigenvalue weighted by molar-refractivity contribution is 6.00. The van der Waals surface area contributed by atoms with E-state index in [-0.39, 0.29) is 16.9 Å². The third kappa shape index (κ3) is 1.74. The van der Waals surface area contributed by atoms with Gasteiger partial charge in [0.25, 0.3) is 0 Å². The van der Waals surface area contributed by atoms with E-state index in [9.17, 15) is 15.0 Å². The second-order valence-corrected chi connectivity index (χ2v) is 4.13. The van der Waals surface area contributed by atoms with Crippen molar-refractivity contribution in [1.82, 2.24) is 0 Å². The molecule has 3 rings (SSSR count). The van der Waals surface area contributed by atoms with Gasteiger partial charge in [-0.25, -0.2) is 4.79 Å². The van der Waals surface area contributed by atoms with Crippen molar-refractivity contribution in [3.63, 3.8) is 0 Å². The van der Waals surface area contributed by atoms with Gasteiger partial charge in [-0.05, 0) is 17.7 Å². The van der Waals surface area contributed by atoms with Gasteiger partial charge in [-0.3, -0.25) is 0 Å². The van der Waals surface area contributed by atoms with Crippen LogP contribution in [0.4, 0.5) is 0 Å². The van der Waals surface area contributed by atoms with Crippen molar-refractivity contribution >= 4 is 11.0 Å². The number of aromatic hydroxyl groups is 2. The second-order valence-electron chi connectivity index (χ2n) is 4.13. The van der Waals surface area contributed by atoms with Crippen LogP contribution in [0.3, 0.4) is 0 Å². The molecule has 4 nitrogen and oxygen atoms in total. The quantitative estimate of drug-likeness (QED) is 0.655. The zero-order chi connectivity index (χ0) is 13.4. The van der Waals surface area contributed by atoms with Crippen LogP contribution in [0.1, 0.15) is 0 Å². The van der Waals surface area contributed by atoms with Gasteiger partial charge in [-0.15, -0.1) is 0 Å². The summed E-state index contributed by atoms with van der Waals surface area (Å²) in [5.74, 6) is -0.546. The van der Waals surface area contributed by atoms with Crippen LogP contribution in [0.2, 0.25) is 0 Å². The Morgan fingerprint density at radius 2 is 1.63 bits per heavy atom. The number of phenolic OH excluding ortho intramolecular Hbond substituents is 1. The molecule has 0 aliphatic rings. The Morgan fingerprint density at radius 1 is 0.895 bits per heavy atom. The van der Waals surface area contributed by atoms with E-state index in [0.29, 0.717) is 10.9 Å². The summed E-state index contributed by atoms with van der Waals surface area (Å²) < 4.78 is 4.97. The van der Waals surface area contributed by atoms with Crippen LogP contribution >= 0.6 is 0 Å². The second kappa shape index (κ2) is 4.17. The molecule has 94 valence electrons. The Kier molecular flexibility index (Phi) is 2.49. The number of hydrogen-bond donors (Lipinski definition) is 2. The molecule has 0 saturated heterocycles. The van der Waals surface area contributed by atoms with E-state index in [1.54, 1.807) is 36.4 Å². The smallest absolute Gasteiger partial charge is 0.379 e. The summed E-state index contributed by atoms with van der Waals surface area (Å²) in [6, 6.07) is 13.5. The van der Waals surface area contributed by atoms with E-state index in [2.05, 4.69) is 0 Å². The molecule has 4 heteroatoms. The fourth-order valence-corrected chi connectivity index (χ4v) is 2.11. The summed E-state index contributed by atoms with van der Waals surface area (Å²) in [5.41, 5.74) is 0.336. The number of benzene rings is 2. The molecule has 3 aromatic rings. The van der Waals surface area contributed by atoms with Crippen LogP contribution in [0.25, 0.3) is 22.1 Å². The van der Waals surface area contributed by atoms with E-state index < -0.39 is 11.4 Å². The summed E-state index contributed by atoms with van der Waals surface area (Å²) in [6.45, 7) is 0. The number of rotatable bonds is 1. The van der Waals surface area contributed by atoms with Gasteiger partial charge < -0.3 is 14.6 Å². The molecule has 0 spiro atoms. The SMILES string of the molecule is O=c1oc2cccc(O)c2c(-c2ccccc2)c1O. The molecule has 0 aliphatic heterocycles. The van der Waals surface area contributed by atoms with Crippen molar-refractivity contribution < 1.29 is 14.6 Å². The molecule has 0 atom stereocenters. The Bertz CT molecular complexity index is 803. The lowest BCUT2D eigenvalue weighted by Crippen LogP contribution is -2.00. The molecule has 0 unspecified atom stereocenters. The van der Waals surface area contributed by atoms with Gasteiger partial charge in [-0.2, -0.15) is 0 Å². The Balaban J connectivity index is 2.53. The van der Waals surface area contributed by atoms with Crippen molar-refractivity contribution in [3.8, 4) is 22.6 Å². The van der Waals surface area contributed by atoms with Gasteiger partial charge in [-0.1, -0.05) is 36.4 Å². The lowest BCUT2D eigenvalue weighted by atomic mass is 10.0. The first-order chi connectivity index (χ1) is 9.18. The van der Waals surface area contributed by atoms with Gasteiger partial charge >= 0.3 is 5.63 Å². The van der Waals surface area contributed by atoms with Gasteiger partial charge in [0.1, 0.15) is 11.3 Å². The summed E-state index contributed by atoms with van der Waals surface area (Å²) in [6.07, 6.45) is 0. The highest BCUT2D eigenvalue weighted by atomic mass is 16.4. The van der Waals surface area contributed by atoms with Gasteiger partial charge in [0.15, 0.2) is 0 Å². The summed E-state index contributed by atoms with van der Waals surface area (Å²) in [5, 5.41) is 20.2. The molecular weight excluding hydrogens is 244 g/mol. The predicted molar refractivity (Wildman–Crippen MR) is 71.2 cm³/mol. The van der Waals surface area contributed by atoms with Crippen molar-refractivity contribution in [1.29, 1.82) is 0 Å². The summed E-state index contributed by atoms with van der Waals surface area (Å²) >= 11 is 0. The van der Waals surface area contributed by atoms with Crippen LogP contribution in [-0.4, -0.2) is 10.2 Å². The molecule has 0 amide bonds. The maximum Gasteiger partial charge on any atom is 0.379 e. The molecule has 1 aromatic heterocycles. The number of phenols is 1. The van der Waals surface area contributed by atoms with Crippen LogP contribution in [0.15, 0.2) is 57.7 Å². The normalized spacial score (nSPS) is 10.7. The molecule has 19 heavy (non-hydrogen) atoms. The minimum atomic E-state index is -0.822. The van der Waals surface area contributed by atoms with Crippen molar-refractivity contribution in [3.05, 3.63) is 59.0 Å². The molecule has 2 N–H and O–H groups in total. The van der Waals surface area contributed by atoms with Crippen LogP contribution in [-0.2, 0) is 0 Å². The van der Waals surface area contributed by atoms with E-state index in [1.165, 1.54) is 6.07 Å². The molecule has 0 radical (unpaired) electrons. The average molecular weight is 254 g/mol. The maximum absolute atomic E-state index is 11.6. The zero-order valence-electron chi connectivity index (χ0n) is 9.83. The largest absolute Gasteiger partial charge is 0.507 e. The fourth-order valence-electron chi connectivity index (χ4n) is 2.11. The first-order valence-electron chi connectivity index (χ1n) is 5.71. The Labute approximate surface area is 108 Å². The maximum atomic E-state index is 11.6. The van der Waals surface area contributed by atoms with Gasteiger partial charge in [0.05, 0.1) is 5.39 Å². The topological polar surface area (TPSA) is 70.7 Å². The lowest BCUT2D eigenvalue weighted by Gasteiger charge is -2.09. The molecule has 1 heterocycles. The molecule has 0 aliphatic carbocycles. The first-order valence-corrected chi connectivity index (χ1v) is 5.71. The lowest BCUT2D eigenvalue weighted by molar-refractivity contribution is 0.428. The average Bonchev–Trinajstić information content (AvgIpc) is 2.42. The van der Waals surface area contributed by atoms with Gasteiger partial charge in [0, 0.05) is 5.56 Å². The zero-order valence-corrected chi connectivity index (χ0v) is 9.83. The molecule has 2 aromatic carbocycles. The Hall–Kier alpha value is -2.75. The van der Waals surface area contributed by atoms with Crippen molar-refractivity contribution in [2.45, 2.75) is 0 Å². The van der Waals surface area contributed by atoms with Crippen LogP contribution in [0.5, 0.6) is 11.5 Å². The summed E-state index contributed by atoms with van der Waals surface area (Å²) in [4.78, 5) is 11.6. The fraction of sp³-hybridized carbons (Fsp3) is 0. The van der Waals surface area contributed by atoms with Crippen LogP contribution < -0.4 is 5.63 Å². The highest BCUT2D eigenvalue weighted by Gasteiger charge is 2.17. The standard InChI is InChI=1S/C15H10O4/c16-10-7-4-8-11-13(10)12(14(17)15(18)19-11)9-5-2-1-3-6-9/h1-8,16-17H.